The van der Waals surface area contributed by atoms with Gasteiger partial charge in [0.25, 0.3) is 0 Å². The van der Waals surface area contributed by atoms with Crippen molar-refractivity contribution in [1.82, 2.24) is 10.6 Å². The minimum atomic E-state index is -0.105. The van der Waals surface area contributed by atoms with Gasteiger partial charge >= 0.3 is 0 Å². The maximum Gasteiger partial charge on any atom is 0.217 e. The summed E-state index contributed by atoms with van der Waals surface area (Å²) in [5, 5.41) is 10.9. The lowest BCUT2D eigenvalue weighted by atomic mass is 9.92. The molecule has 3 atom stereocenters. The van der Waals surface area contributed by atoms with E-state index in [0.717, 1.165) is 48.6 Å². The molecule has 2 rings (SSSR count). The third-order valence-electron chi connectivity index (χ3n) is 5.15. The number of hydrogen-bond donors (Lipinski definition) is 3. The first-order valence-electron chi connectivity index (χ1n) is 10.3. The second-order valence-corrected chi connectivity index (χ2v) is 7.79. The van der Waals surface area contributed by atoms with E-state index in [1.807, 2.05) is 25.1 Å². The molecule has 0 saturated heterocycles. The Morgan fingerprint density at radius 2 is 2.04 bits per heavy atom. The average Bonchev–Trinajstić information content (AvgIpc) is 2.67. The quantitative estimate of drug-likeness (QED) is 0.404. The van der Waals surface area contributed by atoms with E-state index in [1.165, 1.54) is 0 Å². The van der Waals surface area contributed by atoms with Gasteiger partial charge in [0.15, 0.2) is 0 Å². The summed E-state index contributed by atoms with van der Waals surface area (Å²) >= 11 is 6.08. The molecule has 0 saturated carbocycles. The molecular formula is C22H34ClN3O2. The van der Waals surface area contributed by atoms with Crippen LogP contribution in [0.25, 0.3) is 0 Å². The number of rotatable bonds is 10. The lowest BCUT2D eigenvalue weighted by Gasteiger charge is -2.37. The first kappa shape index (κ1) is 22.7. The van der Waals surface area contributed by atoms with Crippen molar-refractivity contribution in [3.8, 4) is 0 Å². The molecule has 6 heteroatoms. The summed E-state index contributed by atoms with van der Waals surface area (Å²) < 4.78 is 6.26. The molecule has 0 aliphatic heterocycles. The zero-order valence-corrected chi connectivity index (χ0v) is 18.2. The van der Waals surface area contributed by atoms with Crippen LogP contribution in [0.2, 0.25) is 5.02 Å². The van der Waals surface area contributed by atoms with E-state index in [9.17, 15) is 4.79 Å². The maximum atomic E-state index is 11.8. The Morgan fingerprint density at radius 3 is 2.68 bits per heavy atom. The molecule has 0 heterocycles. The number of aryl methyl sites for hydroxylation is 1. The molecule has 5 nitrogen and oxygen atoms in total. The number of nitrogens with one attached hydrogen (secondary N) is 3. The third-order valence-corrected chi connectivity index (χ3v) is 5.58. The van der Waals surface area contributed by atoms with Crippen LogP contribution >= 0.6 is 11.6 Å². The zero-order valence-electron chi connectivity index (χ0n) is 17.4. The van der Waals surface area contributed by atoms with E-state index in [-0.39, 0.29) is 30.2 Å². The largest absolute Gasteiger partial charge is 0.384 e. The van der Waals surface area contributed by atoms with Crippen molar-refractivity contribution in [3.63, 3.8) is 0 Å². The van der Waals surface area contributed by atoms with Crippen LogP contribution in [0.15, 0.2) is 30.4 Å². The zero-order chi connectivity index (χ0) is 20.5. The first-order chi connectivity index (χ1) is 13.4. The van der Waals surface area contributed by atoms with Crippen molar-refractivity contribution in [2.45, 2.75) is 71.2 Å². The molecule has 0 aromatic heterocycles. The molecule has 1 aliphatic rings. The van der Waals surface area contributed by atoms with Crippen LogP contribution in [0.4, 0.5) is 5.69 Å². The standard InChI is InChI=1S/C22H34ClN3O2/c1-5-18(6-2)28-21-9-7-8-20(22(21)26-16(4)27)25-13-12-24-17-10-11-19(23)15(3)14-17/h7,9-11,14,18,20-22,24-25H,5-6,8,12-13H2,1-4H3,(H,26,27)/t20-,21+,22+/m0/s1. The number of halogens is 1. The minimum Gasteiger partial charge on any atom is -0.384 e. The lowest BCUT2D eigenvalue weighted by molar-refractivity contribution is -0.121. The fourth-order valence-corrected chi connectivity index (χ4v) is 3.65. The van der Waals surface area contributed by atoms with Crippen molar-refractivity contribution in [2.24, 2.45) is 0 Å². The van der Waals surface area contributed by atoms with Crippen LogP contribution in [0.3, 0.4) is 0 Å². The molecule has 0 bridgehead atoms. The number of anilines is 1. The van der Waals surface area contributed by atoms with Crippen molar-refractivity contribution in [1.29, 1.82) is 0 Å². The highest BCUT2D eigenvalue weighted by molar-refractivity contribution is 6.31. The van der Waals surface area contributed by atoms with Crippen LogP contribution in [-0.4, -0.2) is 43.3 Å². The molecule has 3 N–H and O–H groups in total. The van der Waals surface area contributed by atoms with Gasteiger partial charge < -0.3 is 20.7 Å². The highest BCUT2D eigenvalue weighted by atomic mass is 35.5. The SMILES string of the molecule is CCC(CC)O[C@@H]1C=CC[C@H](NCCNc2ccc(Cl)c(C)c2)[C@H]1NC(C)=O. The minimum absolute atomic E-state index is 0.0278. The summed E-state index contributed by atoms with van der Waals surface area (Å²) in [6.07, 6.45) is 7.15. The number of carbonyl (C=O) groups is 1. The van der Waals surface area contributed by atoms with Gasteiger partial charge in [-0.2, -0.15) is 0 Å². The van der Waals surface area contributed by atoms with Gasteiger partial charge in [0.1, 0.15) is 0 Å². The summed E-state index contributed by atoms with van der Waals surface area (Å²) in [5.74, 6) is -0.0278. The van der Waals surface area contributed by atoms with Crippen molar-refractivity contribution < 1.29 is 9.53 Å². The Balaban J connectivity index is 1.91. The Labute approximate surface area is 174 Å². The van der Waals surface area contributed by atoms with Gasteiger partial charge in [0, 0.05) is 36.8 Å². The molecule has 1 aliphatic carbocycles. The van der Waals surface area contributed by atoms with Gasteiger partial charge in [0.05, 0.1) is 18.2 Å². The molecule has 0 spiro atoms. The predicted octanol–water partition coefficient (Wildman–Crippen LogP) is 4.06. The molecule has 1 aromatic carbocycles. The molecule has 1 amide bonds. The number of benzene rings is 1. The van der Waals surface area contributed by atoms with E-state index in [1.54, 1.807) is 6.92 Å². The van der Waals surface area contributed by atoms with Gasteiger partial charge in [-0.15, -0.1) is 0 Å². The summed E-state index contributed by atoms with van der Waals surface area (Å²) in [6.45, 7) is 9.40. The van der Waals surface area contributed by atoms with E-state index in [0.29, 0.717) is 0 Å². The third kappa shape index (κ3) is 6.80. The van der Waals surface area contributed by atoms with Crippen molar-refractivity contribution in [3.05, 3.63) is 40.9 Å². The molecule has 1 aromatic rings. The van der Waals surface area contributed by atoms with Gasteiger partial charge in [-0.3, -0.25) is 4.79 Å². The van der Waals surface area contributed by atoms with E-state index in [2.05, 4.69) is 41.9 Å². The first-order valence-corrected chi connectivity index (χ1v) is 10.6. The average molecular weight is 408 g/mol. The highest BCUT2D eigenvalue weighted by Crippen LogP contribution is 2.20. The molecular weight excluding hydrogens is 374 g/mol. The van der Waals surface area contributed by atoms with Crippen LogP contribution in [-0.2, 0) is 9.53 Å². The molecule has 156 valence electrons. The van der Waals surface area contributed by atoms with Crippen LogP contribution in [0.5, 0.6) is 0 Å². The lowest BCUT2D eigenvalue weighted by Crippen LogP contribution is -2.58. The molecule has 0 radical (unpaired) electrons. The predicted molar refractivity (Wildman–Crippen MR) is 117 cm³/mol. The Morgan fingerprint density at radius 1 is 1.29 bits per heavy atom. The van der Waals surface area contributed by atoms with Crippen molar-refractivity contribution in [2.75, 3.05) is 18.4 Å². The highest BCUT2D eigenvalue weighted by Gasteiger charge is 2.32. The maximum absolute atomic E-state index is 11.8. The van der Waals surface area contributed by atoms with E-state index < -0.39 is 0 Å². The topological polar surface area (TPSA) is 62.4 Å². The fraction of sp³-hybridized carbons (Fsp3) is 0.591. The van der Waals surface area contributed by atoms with Gasteiger partial charge in [-0.25, -0.2) is 0 Å². The van der Waals surface area contributed by atoms with Gasteiger partial charge in [0.2, 0.25) is 5.91 Å². The number of amides is 1. The number of hydrogen-bond acceptors (Lipinski definition) is 4. The van der Waals surface area contributed by atoms with E-state index in [4.69, 9.17) is 16.3 Å². The van der Waals surface area contributed by atoms with Gasteiger partial charge in [-0.05, 0) is 49.9 Å². The number of carbonyl (C=O) groups excluding carboxylic acids is 1. The second kappa shape index (κ2) is 11.4. The molecule has 0 unspecified atom stereocenters. The monoisotopic (exact) mass is 407 g/mol. The van der Waals surface area contributed by atoms with Crippen LogP contribution in [0.1, 0.15) is 45.6 Å². The summed E-state index contributed by atoms with van der Waals surface area (Å²) in [6, 6.07) is 6.01. The van der Waals surface area contributed by atoms with Gasteiger partial charge in [-0.1, -0.05) is 37.6 Å². The second-order valence-electron chi connectivity index (χ2n) is 7.38. The van der Waals surface area contributed by atoms with Crippen LogP contribution < -0.4 is 16.0 Å². The Bertz CT molecular complexity index is 661. The Kier molecular flexibility index (Phi) is 9.29. The summed E-state index contributed by atoms with van der Waals surface area (Å²) in [4.78, 5) is 11.8. The molecule has 0 fully saturated rings. The molecule has 28 heavy (non-hydrogen) atoms. The van der Waals surface area contributed by atoms with Crippen molar-refractivity contribution >= 4 is 23.2 Å². The van der Waals surface area contributed by atoms with Crippen LogP contribution in [0, 0.1) is 6.92 Å². The Hall–Kier alpha value is -1.56. The number of ether oxygens (including phenoxy) is 1. The fourth-order valence-electron chi connectivity index (χ4n) is 3.53. The normalized spacial score (nSPS) is 21.7. The summed E-state index contributed by atoms with van der Waals surface area (Å²) in [7, 11) is 0. The van der Waals surface area contributed by atoms with E-state index >= 15 is 0 Å². The summed E-state index contributed by atoms with van der Waals surface area (Å²) in [5.41, 5.74) is 2.12. The smallest absolute Gasteiger partial charge is 0.217 e.